The minimum atomic E-state index is -0.199. The zero-order valence-corrected chi connectivity index (χ0v) is 16.1. The highest BCUT2D eigenvalue weighted by molar-refractivity contribution is 5.94. The molecule has 4 aromatic heterocycles. The van der Waals surface area contributed by atoms with E-state index in [-0.39, 0.29) is 23.4 Å². The van der Waals surface area contributed by atoms with Crippen LogP contribution in [0.15, 0.2) is 54.2 Å². The fraction of sp³-hybridized carbons (Fsp3) is 0.286. The van der Waals surface area contributed by atoms with Crippen LogP contribution in [0.25, 0.3) is 27.8 Å². The lowest BCUT2D eigenvalue weighted by Gasteiger charge is -2.39. The first-order valence-electron chi connectivity index (χ1n) is 10.0. The van der Waals surface area contributed by atoms with Gasteiger partial charge < -0.3 is 9.88 Å². The van der Waals surface area contributed by atoms with Crippen LogP contribution in [0, 0.1) is 5.92 Å². The summed E-state index contributed by atoms with van der Waals surface area (Å²) in [6.45, 7) is 1.38. The van der Waals surface area contributed by atoms with E-state index in [2.05, 4.69) is 20.1 Å². The molecule has 30 heavy (non-hydrogen) atoms. The SMILES string of the molecule is O=C(C1CC1)N1CC(n2cc(-c3cn(-c4cccnc4)c4nc[nH]c(=O)c34)cn2)C1. The molecular weight excluding hydrogens is 382 g/mol. The van der Waals surface area contributed by atoms with Crippen molar-refractivity contribution < 1.29 is 4.79 Å². The van der Waals surface area contributed by atoms with Gasteiger partial charge in [0.05, 0.1) is 35.8 Å². The summed E-state index contributed by atoms with van der Waals surface area (Å²) in [6, 6.07) is 3.93. The van der Waals surface area contributed by atoms with Gasteiger partial charge in [-0.05, 0) is 25.0 Å². The number of likely N-dealkylation sites (tertiary alicyclic amines) is 1. The number of aromatic nitrogens is 6. The molecular formula is C21H19N7O2. The van der Waals surface area contributed by atoms with Crippen LogP contribution in [-0.2, 0) is 4.79 Å². The van der Waals surface area contributed by atoms with Crippen molar-refractivity contribution in [2.75, 3.05) is 13.1 Å². The van der Waals surface area contributed by atoms with E-state index in [9.17, 15) is 9.59 Å². The maximum absolute atomic E-state index is 12.6. The number of amides is 1. The predicted octanol–water partition coefficient (Wildman–Crippen LogP) is 1.77. The summed E-state index contributed by atoms with van der Waals surface area (Å²) in [7, 11) is 0. The van der Waals surface area contributed by atoms with E-state index >= 15 is 0 Å². The minimum Gasteiger partial charge on any atom is -0.338 e. The number of carbonyl (C=O) groups excluding carboxylic acids is 1. The largest absolute Gasteiger partial charge is 0.338 e. The van der Waals surface area contributed by atoms with Crippen molar-refractivity contribution in [1.82, 2.24) is 34.2 Å². The molecule has 1 aliphatic carbocycles. The molecule has 0 unspecified atom stereocenters. The summed E-state index contributed by atoms with van der Waals surface area (Å²) in [5.74, 6) is 0.521. The lowest BCUT2D eigenvalue weighted by Crippen LogP contribution is -2.51. The summed E-state index contributed by atoms with van der Waals surface area (Å²) < 4.78 is 3.76. The Kier molecular flexibility index (Phi) is 3.64. The zero-order valence-electron chi connectivity index (χ0n) is 16.1. The summed E-state index contributed by atoms with van der Waals surface area (Å²) in [6.07, 6.45) is 12.5. The Morgan fingerprint density at radius 1 is 1.17 bits per heavy atom. The maximum Gasteiger partial charge on any atom is 0.260 e. The van der Waals surface area contributed by atoms with Crippen LogP contribution in [-0.4, -0.2) is 53.2 Å². The summed E-state index contributed by atoms with van der Waals surface area (Å²) >= 11 is 0. The quantitative estimate of drug-likeness (QED) is 0.562. The third kappa shape index (κ3) is 2.66. The second-order valence-electron chi connectivity index (χ2n) is 7.93. The Hall–Kier alpha value is -3.75. The molecule has 2 aliphatic rings. The van der Waals surface area contributed by atoms with Crippen LogP contribution in [0.5, 0.6) is 0 Å². The lowest BCUT2D eigenvalue weighted by atomic mass is 10.1. The van der Waals surface area contributed by atoms with Crippen LogP contribution in [0.1, 0.15) is 18.9 Å². The highest BCUT2D eigenvalue weighted by atomic mass is 16.2. The van der Waals surface area contributed by atoms with Crippen molar-refractivity contribution in [2.24, 2.45) is 5.92 Å². The summed E-state index contributed by atoms with van der Waals surface area (Å²) in [4.78, 5) is 37.9. The van der Waals surface area contributed by atoms with Crippen molar-refractivity contribution in [1.29, 1.82) is 0 Å². The van der Waals surface area contributed by atoms with Crippen molar-refractivity contribution in [3.63, 3.8) is 0 Å². The molecule has 1 aliphatic heterocycles. The predicted molar refractivity (Wildman–Crippen MR) is 109 cm³/mol. The molecule has 9 nitrogen and oxygen atoms in total. The zero-order chi connectivity index (χ0) is 20.2. The number of H-pyrrole nitrogens is 1. The first kappa shape index (κ1) is 17.1. The molecule has 0 radical (unpaired) electrons. The molecule has 2 fully saturated rings. The second-order valence-corrected chi connectivity index (χ2v) is 7.93. The van der Waals surface area contributed by atoms with Gasteiger partial charge in [-0.2, -0.15) is 5.10 Å². The highest BCUT2D eigenvalue weighted by Crippen LogP contribution is 2.35. The van der Waals surface area contributed by atoms with Crippen LogP contribution >= 0.6 is 0 Å². The van der Waals surface area contributed by atoms with Crippen molar-refractivity contribution >= 4 is 16.9 Å². The Morgan fingerprint density at radius 2 is 2.03 bits per heavy atom. The molecule has 0 aromatic carbocycles. The van der Waals surface area contributed by atoms with Crippen molar-refractivity contribution in [3.8, 4) is 16.8 Å². The highest BCUT2D eigenvalue weighted by Gasteiger charge is 2.40. The van der Waals surface area contributed by atoms with E-state index in [0.717, 1.165) is 29.7 Å². The van der Waals surface area contributed by atoms with Gasteiger partial charge in [-0.1, -0.05) is 0 Å². The van der Waals surface area contributed by atoms with Gasteiger partial charge in [0, 0.05) is 48.7 Å². The van der Waals surface area contributed by atoms with Gasteiger partial charge in [-0.15, -0.1) is 0 Å². The molecule has 9 heteroatoms. The van der Waals surface area contributed by atoms with Gasteiger partial charge in [-0.3, -0.25) is 23.8 Å². The molecule has 0 spiro atoms. The van der Waals surface area contributed by atoms with Crippen molar-refractivity contribution in [3.05, 3.63) is 59.8 Å². The Morgan fingerprint density at radius 3 is 2.80 bits per heavy atom. The number of rotatable bonds is 4. The molecule has 6 rings (SSSR count). The van der Waals surface area contributed by atoms with Crippen LogP contribution in [0.4, 0.5) is 0 Å². The van der Waals surface area contributed by atoms with E-state index in [1.54, 1.807) is 18.6 Å². The van der Waals surface area contributed by atoms with E-state index in [1.165, 1.54) is 6.33 Å². The normalized spacial score (nSPS) is 16.7. The van der Waals surface area contributed by atoms with E-state index in [0.29, 0.717) is 24.1 Å². The molecule has 1 saturated carbocycles. The number of hydrogen-bond donors (Lipinski definition) is 1. The lowest BCUT2D eigenvalue weighted by molar-refractivity contribution is -0.138. The van der Waals surface area contributed by atoms with E-state index in [1.807, 2.05) is 38.7 Å². The molecule has 1 N–H and O–H groups in total. The van der Waals surface area contributed by atoms with Gasteiger partial charge in [0.15, 0.2) is 5.65 Å². The smallest absolute Gasteiger partial charge is 0.260 e. The summed E-state index contributed by atoms with van der Waals surface area (Å²) in [5.41, 5.74) is 2.80. The van der Waals surface area contributed by atoms with Crippen LogP contribution in [0.2, 0.25) is 0 Å². The monoisotopic (exact) mass is 401 g/mol. The number of hydrogen-bond acceptors (Lipinski definition) is 5. The number of aromatic amines is 1. The fourth-order valence-corrected chi connectivity index (χ4v) is 4.05. The Labute approximate surface area is 171 Å². The molecule has 0 bridgehead atoms. The van der Waals surface area contributed by atoms with Gasteiger partial charge in [0.25, 0.3) is 5.56 Å². The second kappa shape index (κ2) is 6.38. The maximum atomic E-state index is 12.6. The van der Waals surface area contributed by atoms with Crippen LogP contribution < -0.4 is 5.56 Å². The number of carbonyl (C=O) groups is 1. The third-order valence-electron chi connectivity index (χ3n) is 5.90. The first-order chi connectivity index (χ1) is 14.7. The van der Waals surface area contributed by atoms with Crippen molar-refractivity contribution in [2.45, 2.75) is 18.9 Å². The Bertz CT molecular complexity index is 1310. The molecule has 0 atom stereocenters. The molecule has 1 saturated heterocycles. The van der Waals surface area contributed by atoms with Gasteiger partial charge >= 0.3 is 0 Å². The topological polar surface area (TPSA) is 102 Å². The number of nitrogens with one attached hydrogen (secondary N) is 1. The number of fused-ring (bicyclic) bond motifs is 1. The van der Waals surface area contributed by atoms with Crippen LogP contribution in [0.3, 0.4) is 0 Å². The van der Waals surface area contributed by atoms with Gasteiger partial charge in [-0.25, -0.2) is 4.98 Å². The average molecular weight is 401 g/mol. The number of pyridine rings is 1. The van der Waals surface area contributed by atoms with E-state index in [4.69, 9.17) is 0 Å². The van der Waals surface area contributed by atoms with Gasteiger partial charge in [0.1, 0.15) is 0 Å². The number of nitrogens with zero attached hydrogens (tertiary/aromatic N) is 6. The standard InChI is InChI=1S/C21H19N7O2/c29-20-18-17(11-27(19(18)23-12-24-20)15-2-1-5-22-7-15)14-6-25-28(8-14)16-9-26(10-16)21(30)13-3-4-13/h1-2,5-8,11-13,16H,3-4,9-10H2,(H,23,24,29). The molecule has 4 aromatic rings. The molecule has 1 amide bonds. The van der Waals surface area contributed by atoms with Gasteiger partial charge in [0.2, 0.25) is 5.91 Å². The summed E-state index contributed by atoms with van der Waals surface area (Å²) in [5, 5.41) is 5.03. The molecule has 150 valence electrons. The molecule has 5 heterocycles. The first-order valence-corrected chi connectivity index (χ1v) is 10.0. The Balaban J connectivity index is 1.36. The fourth-order valence-electron chi connectivity index (χ4n) is 4.05. The van der Waals surface area contributed by atoms with E-state index < -0.39 is 0 Å². The third-order valence-corrected chi connectivity index (χ3v) is 5.90. The average Bonchev–Trinajstić information content (AvgIpc) is 3.35. The minimum absolute atomic E-state index is 0.171.